The first-order chi connectivity index (χ1) is 6.27. The van der Waals surface area contributed by atoms with Crippen molar-refractivity contribution in [2.24, 2.45) is 0 Å². The second-order valence-electron chi connectivity index (χ2n) is 3.29. The maximum atomic E-state index is 11.3. The van der Waals surface area contributed by atoms with Crippen LogP contribution in [0.2, 0.25) is 0 Å². The number of carbonyl (C=O) groups excluding carboxylic acids is 1. The predicted octanol–water partition coefficient (Wildman–Crippen LogP) is -0.157. The van der Waals surface area contributed by atoms with Crippen LogP contribution in [0.5, 0.6) is 0 Å². The van der Waals surface area contributed by atoms with Crippen molar-refractivity contribution in [1.82, 2.24) is 10.2 Å². The van der Waals surface area contributed by atoms with E-state index in [1.54, 1.807) is 0 Å². The van der Waals surface area contributed by atoms with Crippen molar-refractivity contribution in [1.29, 1.82) is 0 Å². The first-order valence-electron chi connectivity index (χ1n) is 4.80. The molecule has 0 radical (unpaired) electrons. The Morgan fingerprint density at radius 2 is 2.46 bits per heavy atom. The molecule has 1 heterocycles. The Morgan fingerprint density at radius 3 is 3.00 bits per heavy atom. The van der Waals surface area contributed by atoms with E-state index in [0.29, 0.717) is 12.6 Å². The minimum Gasteiger partial charge on any atom is -0.370 e. The van der Waals surface area contributed by atoms with E-state index in [0.717, 1.165) is 19.5 Å². The number of carbonyl (C=O) groups is 1. The summed E-state index contributed by atoms with van der Waals surface area (Å²) in [6.45, 7) is 4.57. The summed E-state index contributed by atoms with van der Waals surface area (Å²) in [7, 11) is 1.93. The van der Waals surface area contributed by atoms with Crippen LogP contribution in [0.3, 0.4) is 0 Å². The molecule has 0 bridgehead atoms. The van der Waals surface area contributed by atoms with Crippen molar-refractivity contribution in [3.05, 3.63) is 0 Å². The monoisotopic (exact) mass is 186 g/mol. The average Bonchev–Trinajstić information content (AvgIpc) is 2.17. The highest BCUT2D eigenvalue weighted by Gasteiger charge is 2.20. The van der Waals surface area contributed by atoms with Gasteiger partial charge in [0.15, 0.2) is 0 Å². The maximum absolute atomic E-state index is 11.3. The van der Waals surface area contributed by atoms with Gasteiger partial charge in [0, 0.05) is 19.1 Å². The molecule has 0 aromatic carbocycles. The van der Waals surface area contributed by atoms with E-state index in [2.05, 4.69) is 12.2 Å². The van der Waals surface area contributed by atoms with Gasteiger partial charge in [0.2, 0.25) is 5.91 Å². The molecule has 4 nitrogen and oxygen atoms in total. The lowest BCUT2D eigenvalue weighted by molar-refractivity contribution is -0.143. The second-order valence-corrected chi connectivity index (χ2v) is 3.29. The van der Waals surface area contributed by atoms with Crippen molar-refractivity contribution < 1.29 is 9.53 Å². The average molecular weight is 186 g/mol. The Bertz CT molecular complexity index is 169. The van der Waals surface area contributed by atoms with Gasteiger partial charge < -0.3 is 15.0 Å². The third kappa shape index (κ3) is 2.97. The van der Waals surface area contributed by atoms with Crippen LogP contribution in [0.15, 0.2) is 0 Å². The quantitative estimate of drug-likeness (QED) is 0.663. The fraction of sp³-hybridized carbons (Fsp3) is 0.889. The molecule has 1 unspecified atom stereocenters. The van der Waals surface area contributed by atoms with E-state index in [9.17, 15) is 4.79 Å². The van der Waals surface area contributed by atoms with Crippen molar-refractivity contribution in [2.75, 3.05) is 33.4 Å². The minimum absolute atomic E-state index is 0.111. The summed E-state index contributed by atoms with van der Waals surface area (Å²) in [6.07, 6.45) is 1.04. The molecule has 0 aliphatic carbocycles. The number of hydrogen-bond donors (Lipinski definition) is 1. The molecule has 0 aromatic rings. The van der Waals surface area contributed by atoms with Gasteiger partial charge in [-0.15, -0.1) is 0 Å². The number of ether oxygens (including phenoxy) is 1. The minimum atomic E-state index is 0.111. The van der Waals surface area contributed by atoms with E-state index < -0.39 is 0 Å². The lowest BCUT2D eigenvalue weighted by Crippen LogP contribution is -2.47. The molecule has 1 aliphatic rings. The summed E-state index contributed by atoms with van der Waals surface area (Å²) < 4.78 is 5.05. The molecule has 1 atom stereocenters. The number of nitrogens with zero attached hydrogens (tertiary/aromatic N) is 1. The largest absolute Gasteiger partial charge is 0.370 e. The van der Waals surface area contributed by atoms with E-state index in [1.165, 1.54) is 0 Å². The summed E-state index contributed by atoms with van der Waals surface area (Å²) in [5, 5.41) is 3.18. The van der Waals surface area contributed by atoms with E-state index >= 15 is 0 Å². The van der Waals surface area contributed by atoms with E-state index in [4.69, 9.17) is 4.74 Å². The second kappa shape index (κ2) is 5.19. The Kier molecular flexibility index (Phi) is 4.18. The molecular weight excluding hydrogens is 168 g/mol. The Labute approximate surface area is 79.2 Å². The topological polar surface area (TPSA) is 41.6 Å². The Morgan fingerprint density at radius 1 is 1.69 bits per heavy atom. The van der Waals surface area contributed by atoms with Gasteiger partial charge in [-0.1, -0.05) is 6.92 Å². The SMILES string of the molecule is CCC(CN1CCOCC1=O)NC. The standard InChI is InChI=1S/C9H18N2O2/c1-3-8(10-2)6-11-4-5-13-7-9(11)12/h8,10H,3-7H2,1-2H3. The van der Waals surface area contributed by atoms with Gasteiger partial charge in [-0.2, -0.15) is 0 Å². The van der Waals surface area contributed by atoms with Crippen molar-refractivity contribution in [3.8, 4) is 0 Å². The molecule has 0 spiro atoms. The third-order valence-electron chi connectivity index (χ3n) is 2.43. The highest BCUT2D eigenvalue weighted by atomic mass is 16.5. The van der Waals surface area contributed by atoms with Crippen LogP contribution in [0, 0.1) is 0 Å². The molecule has 1 saturated heterocycles. The molecule has 1 amide bonds. The highest BCUT2D eigenvalue weighted by Crippen LogP contribution is 2.01. The van der Waals surface area contributed by atoms with Crippen LogP contribution in [0.1, 0.15) is 13.3 Å². The lowest BCUT2D eigenvalue weighted by atomic mass is 10.2. The first kappa shape index (κ1) is 10.5. The fourth-order valence-corrected chi connectivity index (χ4v) is 1.43. The Balaban J connectivity index is 2.36. The number of nitrogens with one attached hydrogen (secondary N) is 1. The van der Waals surface area contributed by atoms with Gasteiger partial charge in [-0.3, -0.25) is 4.79 Å². The van der Waals surface area contributed by atoms with Crippen LogP contribution in [0.25, 0.3) is 0 Å². The number of hydrogen-bond acceptors (Lipinski definition) is 3. The van der Waals surface area contributed by atoms with Crippen molar-refractivity contribution in [3.63, 3.8) is 0 Å². The van der Waals surface area contributed by atoms with Crippen LogP contribution < -0.4 is 5.32 Å². The number of rotatable bonds is 4. The number of likely N-dealkylation sites (N-methyl/N-ethyl adjacent to an activating group) is 1. The van der Waals surface area contributed by atoms with Crippen LogP contribution in [-0.2, 0) is 9.53 Å². The van der Waals surface area contributed by atoms with Gasteiger partial charge in [-0.25, -0.2) is 0 Å². The number of morpholine rings is 1. The van der Waals surface area contributed by atoms with Gasteiger partial charge in [0.25, 0.3) is 0 Å². The zero-order chi connectivity index (χ0) is 9.68. The van der Waals surface area contributed by atoms with E-state index in [1.807, 2.05) is 11.9 Å². The number of amides is 1. The summed E-state index contributed by atoms with van der Waals surface area (Å²) in [4.78, 5) is 13.2. The van der Waals surface area contributed by atoms with Crippen molar-refractivity contribution in [2.45, 2.75) is 19.4 Å². The molecule has 76 valence electrons. The molecule has 13 heavy (non-hydrogen) atoms. The van der Waals surface area contributed by atoms with Gasteiger partial charge in [-0.05, 0) is 13.5 Å². The molecule has 0 aromatic heterocycles. The molecular formula is C9H18N2O2. The highest BCUT2D eigenvalue weighted by molar-refractivity contribution is 5.78. The summed E-state index contributed by atoms with van der Waals surface area (Å²) in [6, 6.07) is 0.405. The third-order valence-corrected chi connectivity index (χ3v) is 2.43. The zero-order valence-corrected chi connectivity index (χ0v) is 8.38. The van der Waals surface area contributed by atoms with E-state index in [-0.39, 0.29) is 12.5 Å². The predicted molar refractivity (Wildman–Crippen MR) is 50.5 cm³/mol. The molecule has 1 fully saturated rings. The smallest absolute Gasteiger partial charge is 0.248 e. The zero-order valence-electron chi connectivity index (χ0n) is 8.38. The molecule has 0 saturated carbocycles. The fourth-order valence-electron chi connectivity index (χ4n) is 1.43. The molecule has 1 aliphatic heterocycles. The summed E-state index contributed by atoms with van der Waals surface area (Å²) in [5.41, 5.74) is 0. The van der Waals surface area contributed by atoms with Crippen molar-refractivity contribution >= 4 is 5.91 Å². The lowest BCUT2D eigenvalue weighted by Gasteiger charge is -2.30. The maximum Gasteiger partial charge on any atom is 0.248 e. The van der Waals surface area contributed by atoms with Crippen LogP contribution in [-0.4, -0.2) is 50.2 Å². The molecule has 4 heteroatoms. The van der Waals surface area contributed by atoms with Gasteiger partial charge in [0.05, 0.1) is 6.61 Å². The van der Waals surface area contributed by atoms with Gasteiger partial charge >= 0.3 is 0 Å². The summed E-state index contributed by atoms with van der Waals surface area (Å²) in [5.74, 6) is 0.111. The summed E-state index contributed by atoms with van der Waals surface area (Å²) >= 11 is 0. The molecule has 1 rings (SSSR count). The molecule has 1 N–H and O–H groups in total. The van der Waals surface area contributed by atoms with Gasteiger partial charge in [0.1, 0.15) is 6.61 Å². The van der Waals surface area contributed by atoms with Crippen LogP contribution >= 0.6 is 0 Å². The normalized spacial score (nSPS) is 20.5. The van der Waals surface area contributed by atoms with Crippen LogP contribution in [0.4, 0.5) is 0 Å². The Hall–Kier alpha value is -0.610. The first-order valence-corrected chi connectivity index (χ1v) is 4.80.